The second-order valence-corrected chi connectivity index (χ2v) is 4.50. The number of hydrogen-bond donors (Lipinski definition) is 0. The van der Waals surface area contributed by atoms with Crippen molar-refractivity contribution >= 4 is 22.6 Å². The quantitative estimate of drug-likeness (QED) is 0.818. The van der Waals surface area contributed by atoms with Gasteiger partial charge in [0.15, 0.2) is 10.8 Å². The molecule has 0 aliphatic rings. The second-order valence-electron chi connectivity index (χ2n) is 4.11. The standard InChI is InChI=1S/C11H15ClN4/c1-15(2)5-3-6-16-7-4-9-8-10(12)13-14-11(9)16/h4,7-8H,3,5-6H2,1-2H3. The first-order chi connectivity index (χ1) is 7.66. The van der Waals surface area contributed by atoms with E-state index in [0.29, 0.717) is 5.15 Å². The molecule has 0 fully saturated rings. The van der Waals surface area contributed by atoms with Crippen molar-refractivity contribution in [2.75, 3.05) is 20.6 Å². The molecule has 2 rings (SSSR count). The van der Waals surface area contributed by atoms with Gasteiger partial charge in [0, 0.05) is 18.1 Å². The highest BCUT2D eigenvalue weighted by molar-refractivity contribution is 6.29. The third-order valence-electron chi connectivity index (χ3n) is 2.48. The first kappa shape index (κ1) is 11.4. The molecule has 0 bridgehead atoms. The highest BCUT2D eigenvalue weighted by Crippen LogP contribution is 2.15. The molecule has 0 atom stereocenters. The van der Waals surface area contributed by atoms with E-state index in [9.17, 15) is 0 Å². The summed E-state index contributed by atoms with van der Waals surface area (Å²) >= 11 is 5.78. The van der Waals surface area contributed by atoms with E-state index in [1.807, 2.05) is 18.3 Å². The highest BCUT2D eigenvalue weighted by atomic mass is 35.5. The van der Waals surface area contributed by atoms with Gasteiger partial charge in [-0.05, 0) is 39.2 Å². The van der Waals surface area contributed by atoms with Crippen molar-refractivity contribution in [1.82, 2.24) is 19.7 Å². The summed E-state index contributed by atoms with van der Waals surface area (Å²) in [6.07, 6.45) is 3.13. The van der Waals surface area contributed by atoms with Gasteiger partial charge in [0.2, 0.25) is 0 Å². The van der Waals surface area contributed by atoms with Gasteiger partial charge in [0.1, 0.15) is 0 Å². The lowest BCUT2D eigenvalue weighted by molar-refractivity contribution is 0.387. The van der Waals surface area contributed by atoms with Crippen molar-refractivity contribution in [2.45, 2.75) is 13.0 Å². The van der Waals surface area contributed by atoms with Gasteiger partial charge in [-0.2, -0.15) is 0 Å². The molecule has 86 valence electrons. The van der Waals surface area contributed by atoms with E-state index >= 15 is 0 Å². The third-order valence-corrected chi connectivity index (χ3v) is 2.67. The van der Waals surface area contributed by atoms with Crippen molar-refractivity contribution in [1.29, 1.82) is 0 Å². The van der Waals surface area contributed by atoms with Crippen molar-refractivity contribution in [3.8, 4) is 0 Å². The minimum absolute atomic E-state index is 0.443. The number of fused-ring (bicyclic) bond motifs is 1. The van der Waals surface area contributed by atoms with E-state index in [1.165, 1.54) is 0 Å². The third kappa shape index (κ3) is 2.51. The largest absolute Gasteiger partial charge is 0.331 e. The number of rotatable bonds is 4. The van der Waals surface area contributed by atoms with E-state index in [2.05, 4.69) is 33.8 Å². The number of aryl methyl sites for hydroxylation is 1. The Balaban J connectivity index is 2.13. The fraction of sp³-hybridized carbons (Fsp3) is 0.455. The monoisotopic (exact) mass is 238 g/mol. The molecular formula is C11H15ClN4. The average molecular weight is 239 g/mol. The fourth-order valence-electron chi connectivity index (χ4n) is 1.70. The molecule has 0 amide bonds. The Morgan fingerprint density at radius 1 is 1.38 bits per heavy atom. The molecule has 2 heterocycles. The molecule has 16 heavy (non-hydrogen) atoms. The molecule has 4 nitrogen and oxygen atoms in total. The van der Waals surface area contributed by atoms with Crippen LogP contribution >= 0.6 is 11.6 Å². The Morgan fingerprint density at radius 3 is 2.94 bits per heavy atom. The van der Waals surface area contributed by atoms with Crippen molar-refractivity contribution in [3.05, 3.63) is 23.5 Å². The highest BCUT2D eigenvalue weighted by Gasteiger charge is 2.03. The van der Waals surface area contributed by atoms with Gasteiger partial charge >= 0.3 is 0 Å². The molecule has 0 aliphatic carbocycles. The van der Waals surface area contributed by atoms with E-state index in [4.69, 9.17) is 11.6 Å². The minimum Gasteiger partial charge on any atom is -0.331 e. The lowest BCUT2D eigenvalue weighted by atomic mass is 10.4. The zero-order valence-electron chi connectivity index (χ0n) is 9.52. The predicted molar refractivity (Wildman–Crippen MR) is 65.7 cm³/mol. The minimum atomic E-state index is 0.443. The summed E-state index contributed by atoms with van der Waals surface area (Å²) in [5.74, 6) is 0. The van der Waals surface area contributed by atoms with E-state index in [0.717, 1.165) is 30.5 Å². The molecule has 0 saturated heterocycles. The summed E-state index contributed by atoms with van der Waals surface area (Å²) in [5.41, 5.74) is 0.906. The molecule has 2 aromatic heterocycles. The van der Waals surface area contributed by atoms with Crippen LogP contribution in [0.15, 0.2) is 18.3 Å². The topological polar surface area (TPSA) is 34.0 Å². The second kappa shape index (κ2) is 4.80. The van der Waals surface area contributed by atoms with Crippen molar-refractivity contribution < 1.29 is 0 Å². The van der Waals surface area contributed by atoms with Crippen LogP contribution in [-0.4, -0.2) is 40.3 Å². The lowest BCUT2D eigenvalue weighted by Gasteiger charge is -2.09. The molecule has 0 N–H and O–H groups in total. The van der Waals surface area contributed by atoms with Gasteiger partial charge in [0.05, 0.1) is 0 Å². The Labute approximate surface area is 99.8 Å². The first-order valence-corrected chi connectivity index (χ1v) is 5.67. The molecule has 0 saturated carbocycles. The van der Waals surface area contributed by atoms with Crippen LogP contribution in [0.3, 0.4) is 0 Å². The van der Waals surface area contributed by atoms with Crippen molar-refractivity contribution in [3.63, 3.8) is 0 Å². The predicted octanol–water partition coefficient (Wildman–Crippen LogP) is 2.04. The van der Waals surface area contributed by atoms with Crippen LogP contribution in [0.2, 0.25) is 5.15 Å². The van der Waals surface area contributed by atoms with Crippen LogP contribution in [0, 0.1) is 0 Å². The molecule has 0 unspecified atom stereocenters. The summed E-state index contributed by atoms with van der Waals surface area (Å²) in [5, 5.41) is 9.46. The van der Waals surface area contributed by atoms with Crippen LogP contribution in [0.5, 0.6) is 0 Å². The number of halogens is 1. The van der Waals surface area contributed by atoms with Gasteiger partial charge in [-0.1, -0.05) is 11.6 Å². The lowest BCUT2D eigenvalue weighted by Crippen LogP contribution is -2.15. The normalized spacial score (nSPS) is 11.5. The maximum absolute atomic E-state index is 5.78. The molecule has 5 heteroatoms. The van der Waals surface area contributed by atoms with Crippen LogP contribution in [-0.2, 0) is 6.54 Å². The van der Waals surface area contributed by atoms with Gasteiger partial charge in [-0.15, -0.1) is 10.2 Å². The Kier molecular flexibility index (Phi) is 3.41. The summed E-state index contributed by atoms with van der Waals surface area (Å²) in [4.78, 5) is 2.17. The van der Waals surface area contributed by atoms with Crippen LogP contribution in [0.25, 0.3) is 11.0 Å². The molecule has 2 aromatic rings. The van der Waals surface area contributed by atoms with Gasteiger partial charge < -0.3 is 9.47 Å². The number of hydrogen-bond acceptors (Lipinski definition) is 3. The number of aromatic nitrogens is 3. The zero-order chi connectivity index (χ0) is 11.5. The average Bonchev–Trinajstić information content (AvgIpc) is 2.60. The smallest absolute Gasteiger partial charge is 0.162 e. The Hall–Kier alpha value is -1.13. The molecule has 0 spiro atoms. The Bertz CT molecular complexity index is 478. The van der Waals surface area contributed by atoms with Crippen LogP contribution in [0.4, 0.5) is 0 Å². The van der Waals surface area contributed by atoms with Crippen molar-refractivity contribution in [2.24, 2.45) is 0 Å². The summed E-state index contributed by atoms with van der Waals surface area (Å²) in [6, 6.07) is 3.86. The molecule has 0 radical (unpaired) electrons. The summed E-state index contributed by atoms with van der Waals surface area (Å²) < 4.78 is 2.11. The fourth-order valence-corrected chi connectivity index (χ4v) is 1.85. The summed E-state index contributed by atoms with van der Waals surface area (Å²) in [7, 11) is 4.15. The maximum atomic E-state index is 5.78. The van der Waals surface area contributed by atoms with Crippen LogP contribution < -0.4 is 0 Å². The maximum Gasteiger partial charge on any atom is 0.162 e. The first-order valence-electron chi connectivity index (χ1n) is 5.29. The van der Waals surface area contributed by atoms with E-state index in [-0.39, 0.29) is 0 Å². The SMILES string of the molecule is CN(C)CCCn1ccc2cc(Cl)nnc21. The summed E-state index contributed by atoms with van der Waals surface area (Å²) in [6.45, 7) is 2.03. The van der Waals surface area contributed by atoms with Gasteiger partial charge in [-0.25, -0.2) is 0 Å². The molecular weight excluding hydrogens is 224 g/mol. The Morgan fingerprint density at radius 2 is 2.19 bits per heavy atom. The zero-order valence-corrected chi connectivity index (χ0v) is 10.3. The van der Waals surface area contributed by atoms with Crippen LogP contribution in [0.1, 0.15) is 6.42 Å². The number of nitrogens with zero attached hydrogens (tertiary/aromatic N) is 4. The van der Waals surface area contributed by atoms with E-state index in [1.54, 1.807) is 0 Å². The van der Waals surface area contributed by atoms with Gasteiger partial charge in [0.25, 0.3) is 0 Å². The molecule has 0 aromatic carbocycles. The van der Waals surface area contributed by atoms with Gasteiger partial charge in [-0.3, -0.25) is 0 Å². The molecule has 0 aliphatic heterocycles. The van der Waals surface area contributed by atoms with E-state index < -0.39 is 0 Å².